The Hall–Kier alpha value is -4.53. The second-order valence-corrected chi connectivity index (χ2v) is 6.63. The van der Waals surface area contributed by atoms with Gasteiger partial charge < -0.3 is 28.4 Å². The third-order valence-electron chi connectivity index (χ3n) is 4.06. The summed E-state index contributed by atoms with van der Waals surface area (Å²) in [6, 6.07) is 5.06. The number of carbonyl (C=O) groups excluding carboxylic acids is 3. The summed E-state index contributed by atoms with van der Waals surface area (Å²) < 4.78 is 31.6. The van der Waals surface area contributed by atoms with E-state index in [0.29, 0.717) is 28.4 Å². The lowest BCUT2D eigenvalue weighted by Crippen LogP contribution is -2.11. The van der Waals surface area contributed by atoms with Crippen molar-refractivity contribution in [2.45, 2.75) is 0 Å². The van der Waals surface area contributed by atoms with Crippen LogP contribution in [0.3, 0.4) is 0 Å². The average Bonchev–Trinajstić information content (AvgIpc) is 2.89. The molecule has 36 heavy (non-hydrogen) atoms. The molecular formula is C27H30O9. The number of carbonyl (C=O) groups is 3. The molecule has 0 spiro atoms. The molecule has 1 aromatic rings. The summed E-state index contributed by atoms with van der Waals surface area (Å²) in [6.45, 7) is 18.1. The van der Waals surface area contributed by atoms with Gasteiger partial charge in [-0.2, -0.15) is 0 Å². The summed E-state index contributed by atoms with van der Waals surface area (Å²) in [5, 5.41) is 0. The maximum Gasteiger partial charge on any atom is 0.330 e. The molecule has 1 rings (SSSR count). The summed E-state index contributed by atoms with van der Waals surface area (Å²) in [7, 11) is 0. The zero-order chi connectivity index (χ0) is 26.8. The fourth-order valence-electron chi connectivity index (χ4n) is 2.42. The minimum absolute atomic E-state index is 0.0223. The number of ether oxygens (including phenoxy) is 6. The maximum absolute atomic E-state index is 11.2. The van der Waals surface area contributed by atoms with E-state index in [1.54, 1.807) is 24.3 Å². The molecule has 0 heterocycles. The van der Waals surface area contributed by atoms with Crippen LogP contribution >= 0.6 is 0 Å². The van der Waals surface area contributed by atoms with Gasteiger partial charge in [0.05, 0.1) is 0 Å². The smallest absolute Gasteiger partial charge is 0.330 e. The van der Waals surface area contributed by atoms with E-state index in [1.807, 2.05) is 0 Å². The summed E-state index contributed by atoms with van der Waals surface area (Å²) in [5.74, 6) is -0.411. The van der Waals surface area contributed by atoms with E-state index in [9.17, 15) is 14.4 Å². The van der Waals surface area contributed by atoms with Crippen LogP contribution < -0.4 is 9.47 Å². The Labute approximate surface area is 210 Å². The molecule has 0 aliphatic carbocycles. The van der Waals surface area contributed by atoms with Gasteiger partial charge in [0.15, 0.2) is 0 Å². The predicted octanol–water partition coefficient (Wildman–Crippen LogP) is 3.73. The van der Waals surface area contributed by atoms with Crippen molar-refractivity contribution in [3.63, 3.8) is 0 Å². The van der Waals surface area contributed by atoms with Crippen LogP contribution in [-0.2, 0) is 33.3 Å². The van der Waals surface area contributed by atoms with E-state index in [4.69, 9.17) is 28.4 Å². The van der Waals surface area contributed by atoms with Crippen molar-refractivity contribution in [3.05, 3.63) is 92.8 Å². The molecule has 9 nitrogen and oxygen atoms in total. The van der Waals surface area contributed by atoms with Crippen LogP contribution in [0.5, 0.6) is 11.5 Å². The number of esters is 3. The molecule has 0 N–H and O–H groups in total. The summed E-state index contributed by atoms with van der Waals surface area (Å²) in [4.78, 5) is 33.5. The Kier molecular flexibility index (Phi) is 13.9. The van der Waals surface area contributed by atoms with Crippen LogP contribution in [0.1, 0.15) is 5.56 Å². The lowest BCUT2D eigenvalue weighted by Gasteiger charge is -2.13. The highest BCUT2D eigenvalue weighted by molar-refractivity contribution is 5.81. The van der Waals surface area contributed by atoms with Crippen molar-refractivity contribution in [2.24, 2.45) is 0 Å². The molecule has 0 unspecified atom stereocenters. The van der Waals surface area contributed by atoms with Crippen LogP contribution in [-0.4, -0.2) is 57.5 Å². The van der Waals surface area contributed by atoms with Gasteiger partial charge in [-0.3, -0.25) is 0 Å². The van der Waals surface area contributed by atoms with Crippen molar-refractivity contribution >= 4 is 23.5 Å². The third kappa shape index (κ3) is 12.1. The first kappa shape index (κ1) is 29.5. The minimum Gasteiger partial charge on any atom is -0.490 e. The number of hydrogen-bond donors (Lipinski definition) is 0. The largest absolute Gasteiger partial charge is 0.490 e. The van der Waals surface area contributed by atoms with Gasteiger partial charge in [-0.05, 0) is 35.4 Å². The zero-order valence-corrected chi connectivity index (χ0v) is 20.1. The molecule has 0 amide bonds. The van der Waals surface area contributed by atoms with E-state index >= 15 is 0 Å². The number of benzene rings is 1. The van der Waals surface area contributed by atoms with Gasteiger partial charge in [0.25, 0.3) is 0 Å². The van der Waals surface area contributed by atoms with E-state index in [-0.39, 0.29) is 39.6 Å². The molecule has 9 heteroatoms. The third-order valence-corrected chi connectivity index (χ3v) is 4.06. The Balaban J connectivity index is 2.93. The van der Waals surface area contributed by atoms with Crippen molar-refractivity contribution in [1.82, 2.24) is 0 Å². The Morgan fingerprint density at radius 3 is 1.44 bits per heavy atom. The molecule has 0 bridgehead atoms. The normalized spacial score (nSPS) is 10.3. The van der Waals surface area contributed by atoms with Gasteiger partial charge in [-0.15, -0.1) is 0 Å². The van der Waals surface area contributed by atoms with Gasteiger partial charge in [0.2, 0.25) is 0 Å². The predicted molar refractivity (Wildman–Crippen MR) is 134 cm³/mol. The molecule has 0 aromatic heterocycles. The Bertz CT molecular complexity index is 958. The molecular weight excluding hydrogens is 468 g/mol. The van der Waals surface area contributed by atoms with Gasteiger partial charge in [-0.25, -0.2) is 14.4 Å². The monoisotopic (exact) mass is 498 g/mol. The highest BCUT2D eigenvalue weighted by Gasteiger charge is 2.08. The van der Waals surface area contributed by atoms with Gasteiger partial charge in [-0.1, -0.05) is 32.9 Å². The Morgan fingerprint density at radius 2 is 1.03 bits per heavy atom. The molecule has 0 aliphatic rings. The van der Waals surface area contributed by atoms with Gasteiger partial charge in [0.1, 0.15) is 56.9 Å². The van der Waals surface area contributed by atoms with Gasteiger partial charge >= 0.3 is 17.9 Å². The quantitative estimate of drug-likeness (QED) is 0.0747. The van der Waals surface area contributed by atoms with Crippen LogP contribution in [0.4, 0.5) is 0 Å². The minimum atomic E-state index is -0.555. The van der Waals surface area contributed by atoms with Crippen molar-refractivity contribution in [1.29, 1.82) is 0 Å². The van der Waals surface area contributed by atoms with E-state index in [2.05, 4.69) is 32.9 Å². The van der Waals surface area contributed by atoms with Crippen molar-refractivity contribution < 1.29 is 42.8 Å². The topological polar surface area (TPSA) is 107 Å². The van der Waals surface area contributed by atoms with E-state index in [1.165, 1.54) is 6.08 Å². The van der Waals surface area contributed by atoms with Crippen molar-refractivity contribution in [3.8, 4) is 11.5 Å². The first-order valence-electron chi connectivity index (χ1n) is 10.8. The zero-order valence-electron chi connectivity index (χ0n) is 20.1. The highest BCUT2D eigenvalue weighted by atomic mass is 16.6. The first-order chi connectivity index (χ1) is 17.3. The van der Waals surface area contributed by atoms with Gasteiger partial charge in [0, 0.05) is 24.3 Å². The lowest BCUT2D eigenvalue weighted by atomic mass is 10.1. The summed E-state index contributed by atoms with van der Waals surface area (Å²) in [6.07, 6.45) is 6.31. The highest BCUT2D eigenvalue weighted by Crippen LogP contribution is 2.28. The number of hydrogen-bond acceptors (Lipinski definition) is 9. The average molecular weight is 499 g/mol. The number of allylic oxidation sites excluding steroid dienone is 3. The molecule has 192 valence electrons. The van der Waals surface area contributed by atoms with E-state index in [0.717, 1.165) is 18.2 Å². The molecule has 0 fully saturated rings. The van der Waals surface area contributed by atoms with Crippen LogP contribution in [0.2, 0.25) is 0 Å². The molecule has 1 aromatic carbocycles. The molecule has 0 atom stereocenters. The molecule has 0 saturated carbocycles. The second-order valence-electron chi connectivity index (χ2n) is 6.63. The summed E-state index contributed by atoms with van der Waals surface area (Å²) in [5.41, 5.74) is 1.18. The van der Waals surface area contributed by atoms with Crippen LogP contribution in [0, 0.1) is 0 Å². The summed E-state index contributed by atoms with van der Waals surface area (Å²) >= 11 is 0. The SMILES string of the molecule is C=CC(=O)OCCO/C(C=C)=C/C(=C)c1cc(OCCOC(=O)C=C)cc(OCCOC(=O)C=C)c1. The van der Waals surface area contributed by atoms with Crippen LogP contribution in [0.25, 0.3) is 5.57 Å². The van der Waals surface area contributed by atoms with E-state index < -0.39 is 17.9 Å². The lowest BCUT2D eigenvalue weighted by molar-refractivity contribution is -0.139. The van der Waals surface area contributed by atoms with Crippen LogP contribution in [0.15, 0.2) is 87.2 Å². The number of rotatable bonds is 18. The molecule has 0 radical (unpaired) electrons. The Morgan fingerprint density at radius 1 is 0.611 bits per heavy atom. The fourth-order valence-corrected chi connectivity index (χ4v) is 2.42. The van der Waals surface area contributed by atoms with Crippen molar-refractivity contribution in [2.75, 3.05) is 39.6 Å². The maximum atomic E-state index is 11.2. The fraction of sp³-hybridized carbons (Fsp3) is 0.222. The molecule has 0 saturated heterocycles. The first-order valence-corrected chi connectivity index (χ1v) is 10.8. The molecule has 0 aliphatic heterocycles. The second kappa shape index (κ2) is 17.0. The standard InChI is InChI=1S/C27H30O9/c1-6-22(31-10-13-34-25(28)7-2)16-20(5)21-17-23(32-11-14-35-26(29)8-3)19-24(18-21)33-12-15-36-27(30)9-4/h6-9,16-19H,1-5,10-15H2/b22-16+.